The molecule has 0 aromatic heterocycles. The van der Waals surface area contributed by atoms with E-state index in [0.717, 1.165) is 12.8 Å². The molecular weight excluding hydrogens is 269 g/mol. The quantitative estimate of drug-likeness (QED) is 0.511. The molecule has 0 amide bonds. The lowest BCUT2D eigenvalue weighted by Gasteiger charge is -2.21. The molecule has 1 atom stereocenters. The molecule has 1 rings (SSSR count). The predicted molar refractivity (Wildman–Crippen MR) is 71.8 cm³/mol. The predicted octanol–water partition coefficient (Wildman–Crippen LogP) is 4.67. The SMILES string of the molecule is C=CCCCCO[C@H](c1ccc(OC)cc1)C(F)(F)F. The van der Waals surface area contributed by atoms with Crippen molar-refractivity contribution in [2.75, 3.05) is 13.7 Å². The van der Waals surface area contributed by atoms with Crippen molar-refractivity contribution in [2.24, 2.45) is 0 Å². The van der Waals surface area contributed by atoms with Gasteiger partial charge in [-0.2, -0.15) is 13.2 Å². The fourth-order valence-electron chi connectivity index (χ4n) is 1.75. The highest BCUT2D eigenvalue weighted by atomic mass is 19.4. The van der Waals surface area contributed by atoms with Crippen LogP contribution >= 0.6 is 0 Å². The second-order valence-electron chi connectivity index (χ2n) is 4.35. The number of allylic oxidation sites excluding steroid dienone is 1. The van der Waals surface area contributed by atoms with Crippen molar-refractivity contribution in [3.05, 3.63) is 42.5 Å². The van der Waals surface area contributed by atoms with Crippen LogP contribution in [0.4, 0.5) is 13.2 Å². The van der Waals surface area contributed by atoms with Gasteiger partial charge in [0.15, 0.2) is 6.10 Å². The Hall–Kier alpha value is -1.49. The molecule has 0 aliphatic rings. The third-order valence-electron chi connectivity index (χ3n) is 2.80. The number of hydrogen-bond donors (Lipinski definition) is 0. The number of rotatable bonds is 8. The second kappa shape index (κ2) is 7.94. The van der Waals surface area contributed by atoms with Crippen LogP contribution in [0.15, 0.2) is 36.9 Å². The zero-order chi connectivity index (χ0) is 15.0. The van der Waals surface area contributed by atoms with Gasteiger partial charge in [0.2, 0.25) is 0 Å². The summed E-state index contributed by atoms with van der Waals surface area (Å²) in [5, 5.41) is 0. The molecule has 1 aromatic carbocycles. The molecule has 0 N–H and O–H groups in total. The molecule has 0 saturated heterocycles. The van der Waals surface area contributed by atoms with Crippen LogP contribution in [0.2, 0.25) is 0 Å². The van der Waals surface area contributed by atoms with Crippen molar-refractivity contribution in [3.63, 3.8) is 0 Å². The minimum Gasteiger partial charge on any atom is -0.497 e. The zero-order valence-electron chi connectivity index (χ0n) is 11.5. The van der Waals surface area contributed by atoms with E-state index < -0.39 is 12.3 Å². The standard InChI is InChI=1S/C15H19F3O2/c1-3-4-5-6-11-20-14(15(16,17)18)12-7-9-13(19-2)10-8-12/h3,7-10,14H,1,4-6,11H2,2H3/t14-/m1/s1. The van der Waals surface area contributed by atoms with Crippen molar-refractivity contribution in [3.8, 4) is 5.75 Å². The summed E-state index contributed by atoms with van der Waals surface area (Å²) in [7, 11) is 1.46. The van der Waals surface area contributed by atoms with Gasteiger partial charge >= 0.3 is 6.18 Å². The lowest BCUT2D eigenvalue weighted by molar-refractivity contribution is -0.224. The van der Waals surface area contributed by atoms with E-state index in [1.807, 2.05) is 0 Å². The van der Waals surface area contributed by atoms with Crippen molar-refractivity contribution in [2.45, 2.75) is 31.5 Å². The number of benzene rings is 1. The Morgan fingerprint density at radius 3 is 2.35 bits per heavy atom. The summed E-state index contributed by atoms with van der Waals surface area (Å²) in [6.07, 6.45) is -2.44. The molecule has 20 heavy (non-hydrogen) atoms. The Morgan fingerprint density at radius 2 is 1.85 bits per heavy atom. The van der Waals surface area contributed by atoms with Gasteiger partial charge in [-0.3, -0.25) is 0 Å². The molecule has 0 heterocycles. The average molecular weight is 288 g/mol. The zero-order valence-corrected chi connectivity index (χ0v) is 11.5. The van der Waals surface area contributed by atoms with Gasteiger partial charge in [0.05, 0.1) is 7.11 Å². The number of methoxy groups -OCH3 is 1. The molecule has 0 fully saturated rings. The summed E-state index contributed by atoms with van der Waals surface area (Å²) in [5.41, 5.74) is 0.0852. The highest BCUT2D eigenvalue weighted by Crippen LogP contribution is 2.36. The van der Waals surface area contributed by atoms with Crippen molar-refractivity contribution in [1.29, 1.82) is 0 Å². The maximum Gasteiger partial charge on any atom is 0.418 e. The van der Waals surface area contributed by atoms with E-state index in [1.54, 1.807) is 6.08 Å². The molecule has 1 aromatic rings. The maximum atomic E-state index is 13.0. The molecule has 0 aliphatic carbocycles. The van der Waals surface area contributed by atoms with Gasteiger partial charge < -0.3 is 9.47 Å². The van der Waals surface area contributed by atoms with E-state index in [9.17, 15) is 13.2 Å². The van der Waals surface area contributed by atoms with Gasteiger partial charge in [0.1, 0.15) is 5.75 Å². The largest absolute Gasteiger partial charge is 0.497 e. The van der Waals surface area contributed by atoms with Gasteiger partial charge in [-0.05, 0) is 37.0 Å². The summed E-state index contributed by atoms with van der Waals surface area (Å²) in [6, 6.07) is 5.74. The Labute approximate surface area is 117 Å². The van der Waals surface area contributed by atoms with E-state index in [-0.39, 0.29) is 12.2 Å². The van der Waals surface area contributed by atoms with E-state index in [0.29, 0.717) is 12.2 Å². The molecule has 0 saturated carbocycles. The molecule has 0 aliphatic heterocycles. The minimum absolute atomic E-state index is 0.0735. The van der Waals surface area contributed by atoms with Gasteiger partial charge in [0, 0.05) is 6.61 Å². The smallest absolute Gasteiger partial charge is 0.418 e. The Balaban J connectivity index is 2.66. The van der Waals surface area contributed by atoms with E-state index in [4.69, 9.17) is 9.47 Å². The minimum atomic E-state index is -4.42. The summed E-state index contributed by atoms with van der Waals surface area (Å²) in [5.74, 6) is 0.514. The van der Waals surface area contributed by atoms with Crippen molar-refractivity contribution in [1.82, 2.24) is 0 Å². The van der Waals surface area contributed by atoms with Crippen LogP contribution in [0.25, 0.3) is 0 Å². The Bertz CT molecular complexity index is 399. The Morgan fingerprint density at radius 1 is 1.20 bits per heavy atom. The number of ether oxygens (including phenoxy) is 2. The second-order valence-corrected chi connectivity index (χ2v) is 4.35. The summed E-state index contributed by atoms with van der Waals surface area (Å²) >= 11 is 0. The molecule has 0 radical (unpaired) electrons. The van der Waals surface area contributed by atoms with E-state index in [1.165, 1.54) is 31.4 Å². The first kappa shape index (κ1) is 16.6. The van der Waals surface area contributed by atoms with Crippen LogP contribution < -0.4 is 4.74 Å². The highest BCUT2D eigenvalue weighted by molar-refractivity contribution is 5.29. The molecule has 0 bridgehead atoms. The van der Waals surface area contributed by atoms with Crippen LogP contribution in [0.3, 0.4) is 0 Å². The fourth-order valence-corrected chi connectivity index (χ4v) is 1.75. The first-order valence-electron chi connectivity index (χ1n) is 6.42. The van der Waals surface area contributed by atoms with Gasteiger partial charge in [-0.25, -0.2) is 0 Å². The van der Waals surface area contributed by atoms with Gasteiger partial charge in [0.25, 0.3) is 0 Å². The third-order valence-corrected chi connectivity index (χ3v) is 2.80. The molecular formula is C15H19F3O2. The normalized spacial score (nSPS) is 13.0. The third kappa shape index (κ3) is 5.25. The highest BCUT2D eigenvalue weighted by Gasteiger charge is 2.41. The summed E-state index contributed by atoms with van der Waals surface area (Å²) < 4.78 is 48.9. The first-order chi connectivity index (χ1) is 9.49. The molecule has 0 unspecified atom stereocenters. The monoisotopic (exact) mass is 288 g/mol. The summed E-state index contributed by atoms with van der Waals surface area (Å²) in [4.78, 5) is 0. The number of unbranched alkanes of at least 4 members (excludes halogenated alkanes) is 2. The lowest BCUT2D eigenvalue weighted by atomic mass is 10.1. The van der Waals surface area contributed by atoms with Crippen LogP contribution in [0.1, 0.15) is 30.9 Å². The van der Waals surface area contributed by atoms with Crippen molar-refractivity contribution < 1.29 is 22.6 Å². The van der Waals surface area contributed by atoms with Crippen LogP contribution in [0, 0.1) is 0 Å². The molecule has 0 spiro atoms. The number of alkyl halides is 3. The Kier molecular flexibility index (Phi) is 6.58. The fraction of sp³-hybridized carbons (Fsp3) is 0.467. The molecule has 2 nitrogen and oxygen atoms in total. The first-order valence-corrected chi connectivity index (χ1v) is 6.42. The molecule has 112 valence electrons. The number of hydrogen-bond acceptors (Lipinski definition) is 2. The average Bonchev–Trinajstić information content (AvgIpc) is 2.42. The van der Waals surface area contributed by atoms with Crippen LogP contribution in [0.5, 0.6) is 5.75 Å². The lowest BCUT2D eigenvalue weighted by Crippen LogP contribution is -2.24. The van der Waals surface area contributed by atoms with Gasteiger partial charge in [-0.1, -0.05) is 18.2 Å². The van der Waals surface area contributed by atoms with Crippen molar-refractivity contribution >= 4 is 0 Å². The summed E-state index contributed by atoms with van der Waals surface area (Å²) in [6.45, 7) is 3.64. The van der Waals surface area contributed by atoms with Crippen LogP contribution in [-0.4, -0.2) is 19.9 Å². The van der Waals surface area contributed by atoms with E-state index in [2.05, 4.69) is 6.58 Å². The van der Waals surface area contributed by atoms with Gasteiger partial charge in [-0.15, -0.1) is 6.58 Å². The maximum absolute atomic E-state index is 13.0. The molecule has 5 heteroatoms. The number of halogens is 3. The van der Waals surface area contributed by atoms with Crippen LogP contribution in [-0.2, 0) is 4.74 Å². The van der Waals surface area contributed by atoms with E-state index >= 15 is 0 Å². The topological polar surface area (TPSA) is 18.5 Å².